The van der Waals surface area contributed by atoms with Gasteiger partial charge in [0.1, 0.15) is 0 Å². The molecule has 0 aromatic rings. The van der Waals surface area contributed by atoms with Gasteiger partial charge in [-0.25, -0.2) is 0 Å². The molecule has 96 valence electrons. The van der Waals surface area contributed by atoms with Crippen molar-refractivity contribution in [2.45, 2.75) is 83.3 Å². The fraction of sp³-hybridized carbons (Fsp3) is 1.00. The van der Waals surface area contributed by atoms with Gasteiger partial charge in [0.25, 0.3) is 0 Å². The Bertz CT molecular complexity index is 217. The van der Waals surface area contributed by atoms with Gasteiger partial charge in [-0.3, -0.25) is 0 Å². The largest absolute Gasteiger partial charge is 0.372 e. The van der Waals surface area contributed by atoms with Crippen LogP contribution in [0.25, 0.3) is 0 Å². The van der Waals surface area contributed by atoms with Crippen molar-refractivity contribution in [3.05, 3.63) is 0 Å². The Morgan fingerprint density at radius 3 is 2.44 bits per heavy atom. The van der Waals surface area contributed by atoms with E-state index < -0.39 is 0 Å². The molecule has 1 heterocycles. The van der Waals surface area contributed by atoms with Crippen molar-refractivity contribution >= 4 is 15.9 Å². The van der Waals surface area contributed by atoms with Crippen LogP contribution >= 0.6 is 15.9 Å². The maximum absolute atomic E-state index is 6.00. The number of hydrogen-bond acceptors (Lipinski definition) is 1. The molecular weight excluding hydrogens is 264 g/mol. The van der Waals surface area contributed by atoms with Gasteiger partial charge < -0.3 is 4.74 Å². The van der Waals surface area contributed by atoms with Gasteiger partial charge in [0.15, 0.2) is 0 Å². The lowest BCUT2D eigenvalue weighted by molar-refractivity contribution is -0.0192. The third-order valence-corrected chi connectivity index (χ3v) is 5.31. The number of halogens is 1. The summed E-state index contributed by atoms with van der Waals surface area (Å²) in [7, 11) is 0. The van der Waals surface area contributed by atoms with Crippen molar-refractivity contribution < 1.29 is 4.74 Å². The third kappa shape index (κ3) is 4.75. The van der Waals surface area contributed by atoms with Crippen LogP contribution in [0, 0.1) is 5.41 Å². The zero-order valence-corrected chi connectivity index (χ0v) is 13.1. The Labute approximate surface area is 109 Å². The molecule has 1 fully saturated rings. The molecule has 0 aromatic carbocycles. The highest BCUT2D eigenvalue weighted by molar-refractivity contribution is 9.09. The first-order valence-electron chi connectivity index (χ1n) is 6.53. The minimum absolute atomic E-state index is 0.127. The van der Waals surface area contributed by atoms with Crippen LogP contribution in [0.2, 0.25) is 0 Å². The van der Waals surface area contributed by atoms with Gasteiger partial charge >= 0.3 is 0 Å². The Balaban J connectivity index is 2.17. The maximum atomic E-state index is 6.00. The van der Waals surface area contributed by atoms with Gasteiger partial charge in [-0.1, -0.05) is 36.7 Å². The molecule has 0 spiro atoms. The van der Waals surface area contributed by atoms with Gasteiger partial charge in [0.2, 0.25) is 0 Å². The molecule has 0 radical (unpaired) electrons. The zero-order valence-electron chi connectivity index (χ0n) is 11.5. The molecule has 2 atom stereocenters. The quantitative estimate of drug-likeness (QED) is 0.668. The highest BCUT2D eigenvalue weighted by atomic mass is 79.9. The van der Waals surface area contributed by atoms with E-state index in [1.807, 2.05) is 0 Å². The Kier molecular flexibility index (Phi) is 4.88. The molecule has 16 heavy (non-hydrogen) atoms. The molecular formula is C14H27BrO. The van der Waals surface area contributed by atoms with E-state index in [-0.39, 0.29) is 5.60 Å². The molecule has 0 aromatic heterocycles. The normalized spacial score (nSPS) is 27.0. The van der Waals surface area contributed by atoms with E-state index in [1.54, 1.807) is 0 Å². The third-order valence-electron chi connectivity index (χ3n) is 3.48. The average Bonchev–Trinajstić information content (AvgIpc) is 2.44. The van der Waals surface area contributed by atoms with E-state index in [2.05, 4.69) is 50.5 Å². The molecule has 0 N–H and O–H groups in total. The van der Waals surface area contributed by atoms with E-state index in [9.17, 15) is 0 Å². The first-order valence-corrected chi connectivity index (χ1v) is 7.44. The Morgan fingerprint density at radius 1 is 1.38 bits per heavy atom. The number of hydrogen-bond donors (Lipinski definition) is 0. The fourth-order valence-electron chi connectivity index (χ4n) is 2.24. The van der Waals surface area contributed by atoms with Crippen molar-refractivity contribution in [1.82, 2.24) is 0 Å². The van der Waals surface area contributed by atoms with E-state index in [0.29, 0.717) is 16.3 Å². The lowest BCUT2D eigenvalue weighted by Gasteiger charge is -2.26. The van der Waals surface area contributed by atoms with Crippen LogP contribution in [-0.2, 0) is 4.74 Å². The lowest BCUT2D eigenvalue weighted by atomic mass is 9.89. The summed E-state index contributed by atoms with van der Waals surface area (Å²) >= 11 is 3.79. The molecule has 2 unspecified atom stereocenters. The van der Waals surface area contributed by atoms with Gasteiger partial charge in [-0.15, -0.1) is 0 Å². The van der Waals surface area contributed by atoms with E-state index in [0.717, 1.165) is 0 Å². The summed E-state index contributed by atoms with van der Waals surface area (Å²) < 4.78 is 6.00. The number of ether oxygens (including phenoxy) is 1. The van der Waals surface area contributed by atoms with Gasteiger partial charge in [-0.05, 0) is 51.4 Å². The van der Waals surface area contributed by atoms with Gasteiger partial charge in [0, 0.05) is 4.83 Å². The van der Waals surface area contributed by atoms with E-state index in [1.165, 1.54) is 32.1 Å². The molecule has 0 saturated carbocycles. The predicted molar refractivity (Wildman–Crippen MR) is 74.2 cm³/mol. The van der Waals surface area contributed by atoms with Crippen LogP contribution in [0.1, 0.15) is 66.7 Å². The molecule has 0 bridgehead atoms. The van der Waals surface area contributed by atoms with Crippen molar-refractivity contribution in [1.29, 1.82) is 0 Å². The molecule has 1 aliphatic heterocycles. The van der Waals surface area contributed by atoms with Gasteiger partial charge in [0.05, 0.1) is 11.7 Å². The van der Waals surface area contributed by atoms with Crippen molar-refractivity contribution in [2.75, 3.05) is 0 Å². The molecule has 0 amide bonds. The van der Waals surface area contributed by atoms with Gasteiger partial charge in [-0.2, -0.15) is 0 Å². The van der Waals surface area contributed by atoms with Crippen LogP contribution in [0.3, 0.4) is 0 Å². The standard InChI is InChI=1S/C14H27BrO/c1-13(2,3)12(15)8-6-7-11-9-10-14(4,5)16-11/h11-12H,6-10H2,1-5H3. The Morgan fingerprint density at radius 2 is 2.00 bits per heavy atom. The molecule has 1 nitrogen and oxygen atoms in total. The maximum Gasteiger partial charge on any atom is 0.0631 e. The summed E-state index contributed by atoms with van der Waals surface area (Å²) in [5.74, 6) is 0. The second kappa shape index (κ2) is 5.39. The SMILES string of the molecule is CC1(C)CCC(CCCC(Br)C(C)(C)C)O1. The van der Waals surface area contributed by atoms with Crippen LogP contribution in [0.5, 0.6) is 0 Å². The smallest absolute Gasteiger partial charge is 0.0631 e. The molecule has 1 aliphatic rings. The topological polar surface area (TPSA) is 9.23 Å². The summed E-state index contributed by atoms with van der Waals surface area (Å²) in [4.78, 5) is 0.620. The number of rotatable bonds is 4. The summed E-state index contributed by atoms with van der Waals surface area (Å²) in [6.07, 6.45) is 6.72. The summed E-state index contributed by atoms with van der Waals surface area (Å²) in [5.41, 5.74) is 0.498. The minimum atomic E-state index is 0.127. The fourth-order valence-corrected chi connectivity index (χ4v) is 2.56. The highest BCUT2D eigenvalue weighted by Crippen LogP contribution is 2.34. The van der Waals surface area contributed by atoms with Crippen LogP contribution in [-0.4, -0.2) is 16.5 Å². The van der Waals surface area contributed by atoms with Crippen molar-refractivity contribution in [2.24, 2.45) is 5.41 Å². The van der Waals surface area contributed by atoms with Crippen LogP contribution in [0.4, 0.5) is 0 Å². The van der Waals surface area contributed by atoms with E-state index in [4.69, 9.17) is 4.74 Å². The predicted octanol–water partition coefficient (Wildman–Crippen LogP) is 4.92. The molecule has 2 heteroatoms. The summed E-state index contributed by atoms with van der Waals surface area (Å²) in [6.45, 7) is 11.3. The monoisotopic (exact) mass is 290 g/mol. The minimum Gasteiger partial charge on any atom is -0.372 e. The first-order chi connectivity index (χ1) is 7.21. The summed E-state index contributed by atoms with van der Waals surface area (Å²) in [5, 5.41) is 0. The van der Waals surface area contributed by atoms with E-state index >= 15 is 0 Å². The van der Waals surface area contributed by atoms with Crippen molar-refractivity contribution in [3.8, 4) is 0 Å². The van der Waals surface area contributed by atoms with Crippen LogP contribution < -0.4 is 0 Å². The lowest BCUT2D eigenvalue weighted by Crippen LogP contribution is -2.22. The zero-order chi connectivity index (χ0) is 12.4. The molecule has 0 aliphatic carbocycles. The van der Waals surface area contributed by atoms with Crippen molar-refractivity contribution in [3.63, 3.8) is 0 Å². The summed E-state index contributed by atoms with van der Waals surface area (Å²) in [6, 6.07) is 0. The highest BCUT2D eigenvalue weighted by Gasteiger charge is 2.31. The Hall–Kier alpha value is 0.440. The molecule has 1 rings (SSSR count). The second-order valence-corrected chi connectivity index (χ2v) is 7.91. The second-order valence-electron chi connectivity index (χ2n) is 6.80. The molecule has 1 saturated heterocycles. The van der Waals surface area contributed by atoms with Crippen LogP contribution in [0.15, 0.2) is 0 Å². The average molecular weight is 291 g/mol. The first kappa shape index (κ1) is 14.5. The number of alkyl halides is 1.